The van der Waals surface area contributed by atoms with E-state index in [1.807, 2.05) is 12.1 Å². The summed E-state index contributed by atoms with van der Waals surface area (Å²) in [4.78, 5) is 11.0. The van der Waals surface area contributed by atoms with E-state index >= 15 is 0 Å². The summed E-state index contributed by atoms with van der Waals surface area (Å²) in [5.41, 5.74) is 1.75. The summed E-state index contributed by atoms with van der Waals surface area (Å²) in [5.74, 6) is 2.67. The molecule has 2 fully saturated rings. The van der Waals surface area contributed by atoms with E-state index in [0.29, 0.717) is 11.5 Å². The third-order valence-electron chi connectivity index (χ3n) is 6.05. The van der Waals surface area contributed by atoms with Crippen LogP contribution in [-0.4, -0.2) is 11.1 Å². The highest BCUT2D eigenvalue weighted by molar-refractivity contribution is 5.87. The van der Waals surface area contributed by atoms with Crippen LogP contribution in [0.4, 0.5) is 0 Å². The Labute approximate surface area is 133 Å². The average Bonchev–Trinajstić information content (AvgIpc) is 2.55. The molecule has 0 aromatic heterocycles. The van der Waals surface area contributed by atoms with E-state index in [1.54, 1.807) is 12.1 Å². The Morgan fingerprint density at radius 1 is 1.05 bits per heavy atom. The van der Waals surface area contributed by atoms with Gasteiger partial charge in [0.25, 0.3) is 0 Å². The molecule has 1 aromatic rings. The molecule has 0 heterocycles. The number of carboxylic acid groups (broad SMARTS) is 1. The largest absolute Gasteiger partial charge is 0.478 e. The number of rotatable bonds is 4. The van der Waals surface area contributed by atoms with Crippen LogP contribution in [0.25, 0.3) is 0 Å². The maximum Gasteiger partial charge on any atom is 0.335 e. The molecule has 0 radical (unpaired) electrons. The first-order valence-electron chi connectivity index (χ1n) is 9.00. The van der Waals surface area contributed by atoms with Crippen molar-refractivity contribution < 1.29 is 9.90 Å². The Kier molecular flexibility index (Phi) is 4.85. The van der Waals surface area contributed by atoms with Crippen LogP contribution in [0, 0.1) is 17.8 Å². The summed E-state index contributed by atoms with van der Waals surface area (Å²) in [6.45, 7) is 2.31. The fraction of sp³-hybridized carbons (Fsp3) is 0.650. The second kappa shape index (κ2) is 6.85. The van der Waals surface area contributed by atoms with Crippen LogP contribution in [-0.2, 0) is 0 Å². The normalized spacial score (nSPS) is 31.5. The summed E-state index contributed by atoms with van der Waals surface area (Å²) in [5, 5.41) is 9.01. The minimum atomic E-state index is -0.829. The van der Waals surface area contributed by atoms with E-state index in [4.69, 9.17) is 5.11 Å². The summed E-state index contributed by atoms with van der Waals surface area (Å²) in [6, 6.07) is 7.61. The smallest absolute Gasteiger partial charge is 0.335 e. The van der Waals surface area contributed by atoms with Gasteiger partial charge in [-0.25, -0.2) is 4.79 Å². The van der Waals surface area contributed by atoms with Crippen molar-refractivity contribution in [3.63, 3.8) is 0 Å². The molecule has 2 heteroatoms. The molecular weight excluding hydrogens is 272 g/mol. The highest BCUT2D eigenvalue weighted by Gasteiger charge is 2.35. The van der Waals surface area contributed by atoms with Gasteiger partial charge in [-0.2, -0.15) is 0 Å². The number of carboxylic acids is 1. The fourth-order valence-electron chi connectivity index (χ4n) is 4.86. The number of aromatic carboxylic acids is 1. The zero-order valence-corrected chi connectivity index (χ0v) is 13.6. The van der Waals surface area contributed by atoms with Gasteiger partial charge in [0.1, 0.15) is 0 Å². The van der Waals surface area contributed by atoms with Crippen molar-refractivity contribution >= 4 is 5.97 Å². The second-order valence-electron chi connectivity index (χ2n) is 7.43. The molecule has 120 valence electrons. The fourth-order valence-corrected chi connectivity index (χ4v) is 4.86. The minimum Gasteiger partial charge on any atom is -0.478 e. The Morgan fingerprint density at radius 3 is 2.41 bits per heavy atom. The van der Waals surface area contributed by atoms with Crippen LogP contribution in [0.15, 0.2) is 24.3 Å². The highest BCUT2D eigenvalue weighted by atomic mass is 16.4. The molecule has 4 atom stereocenters. The van der Waals surface area contributed by atoms with Gasteiger partial charge in [0.2, 0.25) is 0 Å². The Balaban J connectivity index is 1.61. The minimum absolute atomic E-state index is 0.400. The lowest BCUT2D eigenvalue weighted by Crippen LogP contribution is -2.30. The van der Waals surface area contributed by atoms with Crippen LogP contribution in [0.1, 0.15) is 80.1 Å². The van der Waals surface area contributed by atoms with Gasteiger partial charge in [-0.3, -0.25) is 0 Å². The van der Waals surface area contributed by atoms with E-state index in [0.717, 1.165) is 17.8 Å². The third-order valence-corrected chi connectivity index (χ3v) is 6.05. The zero-order valence-electron chi connectivity index (χ0n) is 13.6. The van der Waals surface area contributed by atoms with Crippen molar-refractivity contribution in [3.05, 3.63) is 35.4 Å². The number of fused-ring (bicyclic) bond motifs is 1. The molecule has 0 bridgehead atoms. The summed E-state index contributed by atoms with van der Waals surface area (Å²) < 4.78 is 0. The number of hydrogen-bond donors (Lipinski definition) is 1. The number of carbonyl (C=O) groups is 1. The van der Waals surface area contributed by atoms with Gasteiger partial charge in [-0.15, -0.1) is 0 Å². The molecule has 0 saturated heterocycles. The van der Waals surface area contributed by atoms with E-state index < -0.39 is 5.97 Å². The molecular formula is C20H28O2. The van der Waals surface area contributed by atoms with Gasteiger partial charge in [0.15, 0.2) is 0 Å². The molecule has 3 rings (SSSR count). The van der Waals surface area contributed by atoms with Crippen LogP contribution < -0.4 is 0 Å². The van der Waals surface area contributed by atoms with Crippen LogP contribution in [0.2, 0.25) is 0 Å². The lowest BCUT2D eigenvalue weighted by Gasteiger charge is -2.42. The highest BCUT2D eigenvalue weighted by Crippen LogP contribution is 2.48. The standard InChI is InChI=1S/C20H28O2/c1-2-3-14-4-5-19-13-18(11-10-17(19)12-14)15-6-8-16(9-7-15)20(21)22/h6-9,14,17-19H,2-5,10-13H2,1H3,(H,21,22)/t14-,17-,18?,19+/m0/s1. The molecule has 2 saturated carbocycles. The maximum absolute atomic E-state index is 11.0. The number of benzene rings is 1. The van der Waals surface area contributed by atoms with Crippen molar-refractivity contribution in [2.45, 2.75) is 64.2 Å². The van der Waals surface area contributed by atoms with Crippen molar-refractivity contribution in [3.8, 4) is 0 Å². The topological polar surface area (TPSA) is 37.3 Å². The van der Waals surface area contributed by atoms with Gasteiger partial charge in [0.05, 0.1) is 5.56 Å². The van der Waals surface area contributed by atoms with Crippen LogP contribution in [0.3, 0.4) is 0 Å². The monoisotopic (exact) mass is 300 g/mol. The van der Waals surface area contributed by atoms with Gasteiger partial charge in [0, 0.05) is 0 Å². The van der Waals surface area contributed by atoms with Gasteiger partial charge < -0.3 is 5.11 Å². The molecule has 0 amide bonds. The van der Waals surface area contributed by atoms with E-state index in [9.17, 15) is 4.79 Å². The molecule has 22 heavy (non-hydrogen) atoms. The van der Waals surface area contributed by atoms with Crippen molar-refractivity contribution in [2.24, 2.45) is 17.8 Å². The first kappa shape index (κ1) is 15.6. The summed E-state index contributed by atoms with van der Waals surface area (Å²) in [6.07, 6.45) is 11.0. The lowest BCUT2D eigenvalue weighted by atomic mass is 9.63. The average molecular weight is 300 g/mol. The molecule has 1 unspecified atom stereocenters. The van der Waals surface area contributed by atoms with E-state index in [1.165, 1.54) is 56.9 Å². The Bertz CT molecular complexity index is 505. The first-order chi connectivity index (χ1) is 10.7. The first-order valence-corrected chi connectivity index (χ1v) is 9.00. The molecule has 2 aliphatic carbocycles. The molecule has 2 aliphatic rings. The SMILES string of the molecule is CCC[C@H]1CC[C@@H]2CC(c3ccc(C(=O)O)cc3)CC[C@H]2C1. The Hall–Kier alpha value is -1.31. The predicted molar refractivity (Wildman–Crippen MR) is 89.2 cm³/mol. The van der Waals surface area contributed by atoms with E-state index in [-0.39, 0.29) is 0 Å². The van der Waals surface area contributed by atoms with Crippen molar-refractivity contribution in [1.29, 1.82) is 0 Å². The van der Waals surface area contributed by atoms with E-state index in [2.05, 4.69) is 6.92 Å². The quantitative estimate of drug-likeness (QED) is 0.799. The molecule has 0 aliphatic heterocycles. The molecule has 1 aromatic carbocycles. The molecule has 2 nitrogen and oxygen atoms in total. The lowest BCUT2D eigenvalue weighted by molar-refractivity contribution is 0.0697. The van der Waals surface area contributed by atoms with Gasteiger partial charge in [-0.05, 0) is 73.5 Å². The summed E-state index contributed by atoms with van der Waals surface area (Å²) >= 11 is 0. The molecule has 1 N–H and O–H groups in total. The van der Waals surface area contributed by atoms with Crippen LogP contribution in [0.5, 0.6) is 0 Å². The number of hydrogen-bond acceptors (Lipinski definition) is 1. The molecule has 0 spiro atoms. The zero-order chi connectivity index (χ0) is 15.5. The van der Waals surface area contributed by atoms with Crippen LogP contribution >= 0.6 is 0 Å². The predicted octanol–water partition coefficient (Wildman–Crippen LogP) is 5.48. The third kappa shape index (κ3) is 3.37. The Morgan fingerprint density at radius 2 is 1.73 bits per heavy atom. The van der Waals surface area contributed by atoms with Crippen molar-refractivity contribution in [1.82, 2.24) is 0 Å². The second-order valence-corrected chi connectivity index (χ2v) is 7.43. The van der Waals surface area contributed by atoms with Gasteiger partial charge in [-0.1, -0.05) is 38.3 Å². The van der Waals surface area contributed by atoms with Crippen molar-refractivity contribution in [2.75, 3.05) is 0 Å². The summed E-state index contributed by atoms with van der Waals surface area (Å²) in [7, 11) is 0. The maximum atomic E-state index is 11.0. The van der Waals surface area contributed by atoms with Gasteiger partial charge >= 0.3 is 5.97 Å².